The number of hydrogen-bond donors (Lipinski definition) is 0. The smallest absolute Gasteiger partial charge is 0.258 e. The molecule has 2 heterocycles. The van der Waals surface area contributed by atoms with Gasteiger partial charge in [0.25, 0.3) is 5.91 Å². The number of hydrogen-bond acceptors (Lipinski definition) is 2. The molecule has 0 saturated heterocycles. The van der Waals surface area contributed by atoms with E-state index in [9.17, 15) is 4.79 Å². The summed E-state index contributed by atoms with van der Waals surface area (Å²) in [5.41, 5.74) is 5.72. The van der Waals surface area contributed by atoms with Crippen LogP contribution in [0.3, 0.4) is 0 Å². The van der Waals surface area contributed by atoms with Crippen LogP contribution in [0.5, 0.6) is 0 Å². The Morgan fingerprint density at radius 1 is 1.15 bits per heavy atom. The van der Waals surface area contributed by atoms with Gasteiger partial charge in [0.15, 0.2) is 0 Å². The normalized spacial score (nSPS) is 16.1. The second-order valence-electron chi connectivity index (χ2n) is 5.15. The molecule has 0 radical (unpaired) electrons. The molecule has 1 amide bonds. The van der Waals surface area contributed by atoms with Crippen molar-refractivity contribution in [3.8, 4) is 0 Å². The Hall–Kier alpha value is -2.36. The van der Waals surface area contributed by atoms with Gasteiger partial charge in [-0.2, -0.15) is 5.10 Å². The molecule has 0 aliphatic carbocycles. The number of fused-ring (bicyclic) bond motifs is 1. The molecule has 3 rings (SSSR count). The number of aromatic nitrogens is 2. The lowest BCUT2D eigenvalue weighted by Crippen LogP contribution is -2.20. The second kappa shape index (κ2) is 4.34. The molecule has 1 aliphatic rings. The third-order valence-corrected chi connectivity index (χ3v) is 3.94. The summed E-state index contributed by atoms with van der Waals surface area (Å²) in [5, 5.41) is 4.40. The number of rotatable bonds is 1. The van der Waals surface area contributed by atoms with Gasteiger partial charge in [0, 0.05) is 36.5 Å². The molecule has 0 spiro atoms. The molecular weight excluding hydrogens is 250 g/mol. The molecule has 0 saturated carbocycles. The van der Waals surface area contributed by atoms with Gasteiger partial charge in [-0.05, 0) is 26.0 Å². The summed E-state index contributed by atoms with van der Waals surface area (Å²) in [5.74, 6) is 0.0360. The molecule has 20 heavy (non-hydrogen) atoms. The fourth-order valence-electron chi connectivity index (χ4n) is 2.68. The van der Waals surface area contributed by atoms with Crippen molar-refractivity contribution in [1.29, 1.82) is 0 Å². The van der Waals surface area contributed by atoms with Crippen molar-refractivity contribution in [2.75, 3.05) is 11.9 Å². The van der Waals surface area contributed by atoms with Crippen LogP contribution in [0.15, 0.2) is 24.3 Å². The van der Waals surface area contributed by atoms with Crippen LogP contribution in [0.1, 0.15) is 22.5 Å². The molecule has 0 unspecified atom stereocenters. The van der Waals surface area contributed by atoms with Gasteiger partial charge in [-0.1, -0.05) is 18.2 Å². The first-order valence-corrected chi connectivity index (χ1v) is 6.60. The first kappa shape index (κ1) is 12.7. The highest BCUT2D eigenvalue weighted by Crippen LogP contribution is 2.37. The molecule has 1 aromatic heterocycles. The lowest BCUT2D eigenvalue weighted by atomic mass is 10.0. The van der Waals surface area contributed by atoms with Gasteiger partial charge in [-0.15, -0.1) is 0 Å². The Labute approximate surface area is 118 Å². The lowest BCUT2D eigenvalue weighted by Gasteiger charge is -2.07. The molecule has 4 heteroatoms. The quantitative estimate of drug-likeness (QED) is 0.745. The van der Waals surface area contributed by atoms with Crippen LogP contribution in [0, 0.1) is 13.8 Å². The van der Waals surface area contributed by atoms with E-state index < -0.39 is 0 Å². The average molecular weight is 267 g/mol. The number of nitrogens with zero attached hydrogens (tertiary/aromatic N) is 3. The topological polar surface area (TPSA) is 38.1 Å². The van der Waals surface area contributed by atoms with Crippen molar-refractivity contribution in [2.45, 2.75) is 13.8 Å². The number of para-hydroxylation sites is 1. The molecule has 0 N–H and O–H groups in total. The van der Waals surface area contributed by atoms with Crippen LogP contribution < -0.4 is 4.90 Å². The van der Waals surface area contributed by atoms with E-state index in [1.165, 1.54) is 0 Å². The highest BCUT2D eigenvalue weighted by Gasteiger charge is 2.29. The maximum Gasteiger partial charge on any atom is 0.258 e. The summed E-state index contributed by atoms with van der Waals surface area (Å²) in [6.07, 6.45) is 1.96. The zero-order valence-corrected chi connectivity index (χ0v) is 12.1. The molecule has 0 fully saturated rings. The van der Waals surface area contributed by atoms with Crippen LogP contribution in [0.2, 0.25) is 0 Å². The molecule has 4 nitrogen and oxygen atoms in total. The van der Waals surface area contributed by atoms with Crippen molar-refractivity contribution >= 4 is 23.2 Å². The molecule has 2 aromatic rings. The number of likely N-dealkylation sites (N-methyl/N-ethyl adjacent to an activating group) is 1. The number of benzene rings is 1. The fourth-order valence-corrected chi connectivity index (χ4v) is 2.68. The summed E-state index contributed by atoms with van der Waals surface area (Å²) in [6, 6.07) is 7.87. The highest BCUT2D eigenvalue weighted by molar-refractivity contribution is 6.35. The molecule has 1 aliphatic heterocycles. The number of anilines is 1. The number of carbonyl (C=O) groups excluding carboxylic acids is 1. The summed E-state index contributed by atoms with van der Waals surface area (Å²) in [4.78, 5) is 14.1. The first-order valence-electron chi connectivity index (χ1n) is 6.60. The zero-order chi connectivity index (χ0) is 14.4. The SMILES string of the molecule is Cc1nn(C)c(C)c1/C=C1/C(=O)N(C)c2ccccc21. The van der Waals surface area contributed by atoms with Crippen LogP contribution in [0.25, 0.3) is 11.6 Å². The summed E-state index contributed by atoms with van der Waals surface area (Å²) < 4.78 is 1.84. The number of amides is 1. The standard InChI is InChI=1S/C16H17N3O/c1-10-13(11(2)19(4)17-10)9-14-12-7-5-6-8-15(12)18(3)16(14)20/h5-9H,1-4H3/b14-9+. The second-order valence-corrected chi connectivity index (χ2v) is 5.15. The molecule has 0 atom stereocenters. The Bertz CT molecular complexity index is 740. The fraction of sp³-hybridized carbons (Fsp3) is 0.250. The molecule has 102 valence electrons. The van der Waals surface area contributed by atoms with Gasteiger partial charge in [-0.3, -0.25) is 9.48 Å². The monoisotopic (exact) mass is 267 g/mol. The highest BCUT2D eigenvalue weighted by atomic mass is 16.2. The molecule has 0 bridgehead atoms. The zero-order valence-electron chi connectivity index (χ0n) is 12.1. The molecule has 1 aromatic carbocycles. The van der Waals surface area contributed by atoms with Crippen LogP contribution in [-0.4, -0.2) is 22.7 Å². The van der Waals surface area contributed by atoms with Crippen molar-refractivity contribution in [1.82, 2.24) is 9.78 Å². The van der Waals surface area contributed by atoms with Crippen molar-refractivity contribution in [3.63, 3.8) is 0 Å². The number of aryl methyl sites for hydroxylation is 2. The third-order valence-electron chi connectivity index (χ3n) is 3.94. The van der Waals surface area contributed by atoms with Gasteiger partial charge < -0.3 is 4.90 Å². The Kier molecular flexibility index (Phi) is 2.74. The largest absolute Gasteiger partial charge is 0.311 e. The summed E-state index contributed by atoms with van der Waals surface area (Å²) >= 11 is 0. The van der Waals surface area contributed by atoms with E-state index in [2.05, 4.69) is 5.10 Å². The minimum atomic E-state index is 0.0360. The average Bonchev–Trinajstić information content (AvgIpc) is 2.82. The predicted molar refractivity (Wildman–Crippen MR) is 80.4 cm³/mol. The summed E-state index contributed by atoms with van der Waals surface area (Å²) in [7, 11) is 3.73. The van der Waals surface area contributed by atoms with Gasteiger partial charge in [0.2, 0.25) is 0 Å². The van der Waals surface area contributed by atoms with Gasteiger partial charge in [0.05, 0.1) is 11.4 Å². The van der Waals surface area contributed by atoms with Crippen molar-refractivity contribution in [3.05, 3.63) is 46.8 Å². The molecular formula is C16H17N3O. The minimum absolute atomic E-state index is 0.0360. The van der Waals surface area contributed by atoms with Gasteiger partial charge in [-0.25, -0.2) is 0 Å². The van der Waals surface area contributed by atoms with Crippen LogP contribution >= 0.6 is 0 Å². The van der Waals surface area contributed by atoms with E-state index in [4.69, 9.17) is 0 Å². The van der Waals surface area contributed by atoms with E-state index >= 15 is 0 Å². The summed E-state index contributed by atoms with van der Waals surface area (Å²) in [6.45, 7) is 3.98. The van der Waals surface area contributed by atoms with Crippen molar-refractivity contribution in [2.24, 2.45) is 7.05 Å². The first-order chi connectivity index (χ1) is 9.50. The van der Waals surface area contributed by atoms with E-state index in [1.807, 2.05) is 63.0 Å². The number of carbonyl (C=O) groups is 1. The van der Waals surface area contributed by atoms with E-state index in [1.54, 1.807) is 4.90 Å². The predicted octanol–water partition coefficient (Wildman–Crippen LogP) is 2.55. The van der Waals surface area contributed by atoms with E-state index in [0.29, 0.717) is 0 Å². The van der Waals surface area contributed by atoms with Crippen LogP contribution in [-0.2, 0) is 11.8 Å². The van der Waals surface area contributed by atoms with Gasteiger partial charge >= 0.3 is 0 Å². The minimum Gasteiger partial charge on any atom is -0.311 e. The van der Waals surface area contributed by atoms with Gasteiger partial charge in [0.1, 0.15) is 0 Å². The third kappa shape index (κ3) is 1.68. The maximum atomic E-state index is 12.4. The van der Waals surface area contributed by atoms with Crippen molar-refractivity contribution < 1.29 is 4.79 Å². The Morgan fingerprint density at radius 3 is 2.50 bits per heavy atom. The van der Waals surface area contributed by atoms with E-state index in [0.717, 1.165) is 33.8 Å². The maximum absolute atomic E-state index is 12.4. The van der Waals surface area contributed by atoms with Crippen LogP contribution in [0.4, 0.5) is 5.69 Å². The lowest BCUT2D eigenvalue weighted by molar-refractivity contribution is -0.112. The van der Waals surface area contributed by atoms with E-state index in [-0.39, 0.29) is 5.91 Å². The Morgan fingerprint density at radius 2 is 1.85 bits per heavy atom. The Balaban J connectivity index is 2.20.